The van der Waals surface area contributed by atoms with Crippen molar-refractivity contribution in [3.63, 3.8) is 0 Å². The number of pyridine rings is 2. The number of halogens is 3. The van der Waals surface area contributed by atoms with Gasteiger partial charge in [0, 0.05) is 38.8 Å². The molecule has 0 aliphatic heterocycles. The van der Waals surface area contributed by atoms with Crippen molar-refractivity contribution < 1.29 is 0 Å². The van der Waals surface area contributed by atoms with Crippen molar-refractivity contribution in [2.24, 2.45) is 0 Å². The minimum absolute atomic E-state index is 0.0158. The van der Waals surface area contributed by atoms with Crippen LogP contribution in [-0.4, -0.2) is 9.55 Å². The van der Waals surface area contributed by atoms with E-state index in [1.807, 2.05) is 48.5 Å². The van der Waals surface area contributed by atoms with Gasteiger partial charge in [0.15, 0.2) is 0 Å². The Hall–Kier alpha value is -2.22. The first-order chi connectivity index (χ1) is 15.0. The zero-order chi connectivity index (χ0) is 22.5. The van der Waals surface area contributed by atoms with Gasteiger partial charge in [0.1, 0.15) is 0 Å². The number of benzene rings is 2. The fourth-order valence-corrected chi connectivity index (χ4v) is 3.36. The highest BCUT2D eigenvalue weighted by molar-refractivity contribution is 9.10. The van der Waals surface area contributed by atoms with Crippen LogP contribution in [0, 0.1) is 0 Å². The third-order valence-corrected chi connectivity index (χ3v) is 5.50. The van der Waals surface area contributed by atoms with E-state index in [9.17, 15) is 9.59 Å². The van der Waals surface area contributed by atoms with Gasteiger partial charge in [0.05, 0.1) is 6.54 Å². The van der Waals surface area contributed by atoms with Gasteiger partial charge < -0.3 is 9.55 Å². The van der Waals surface area contributed by atoms with Gasteiger partial charge in [-0.15, -0.1) is 0 Å². The van der Waals surface area contributed by atoms with E-state index < -0.39 is 0 Å². The van der Waals surface area contributed by atoms with Gasteiger partial charge in [-0.05, 0) is 55.1 Å². The Morgan fingerprint density at radius 3 is 1.77 bits per heavy atom. The van der Waals surface area contributed by atoms with E-state index in [0.717, 1.165) is 19.8 Å². The maximum Gasteiger partial charge on any atom is 0.250 e. The zero-order valence-corrected chi connectivity index (χ0v) is 21.3. The number of alkyl halides is 1. The second kappa shape index (κ2) is 14.0. The van der Waals surface area contributed by atoms with Crippen LogP contribution < -0.4 is 11.1 Å². The van der Waals surface area contributed by atoms with Gasteiger partial charge in [0.25, 0.3) is 5.56 Å². The summed E-state index contributed by atoms with van der Waals surface area (Å²) in [6.45, 7) is 0.610. The second-order valence-electron chi connectivity index (χ2n) is 6.29. The lowest BCUT2D eigenvalue weighted by Crippen LogP contribution is -2.18. The van der Waals surface area contributed by atoms with Crippen LogP contribution in [0.4, 0.5) is 0 Å². The number of aromatic nitrogens is 2. The summed E-state index contributed by atoms with van der Waals surface area (Å²) in [5.74, 6) is 0. The number of nitrogens with zero attached hydrogens (tertiary/aromatic N) is 1. The first-order valence-corrected chi connectivity index (χ1v) is 12.0. The molecule has 4 rings (SSSR count). The molecule has 2 heterocycles. The molecule has 4 aromatic rings. The van der Waals surface area contributed by atoms with Crippen LogP contribution in [0.15, 0.2) is 116 Å². The first-order valence-electron chi connectivity index (χ1n) is 9.32. The lowest BCUT2D eigenvalue weighted by molar-refractivity contribution is 0.756. The molecule has 0 saturated heterocycles. The SMILES string of the molecule is BrCc1ccccc1.O=c1ccc(Br)c[nH]1.O=c1ccc(Br)cn1Cc1ccccc1. The highest BCUT2D eigenvalue weighted by atomic mass is 79.9. The van der Waals surface area contributed by atoms with E-state index in [2.05, 4.69) is 64.9 Å². The maximum absolute atomic E-state index is 11.5. The summed E-state index contributed by atoms with van der Waals surface area (Å²) in [4.78, 5) is 24.4. The Morgan fingerprint density at radius 1 is 0.710 bits per heavy atom. The third kappa shape index (κ3) is 10.1. The van der Waals surface area contributed by atoms with Crippen molar-refractivity contribution in [3.05, 3.63) is 138 Å². The van der Waals surface area contributed by atoms with Gasteiger partial charge in [-0.3, -0.25) is 9.59 Å². The molecule has 0 saturated carbocycles. The van der Waals surface area contributed by atoms with Gasteiger partial charge in [-0.25, -0.2) is 0 Å². The number of H-pyrrole nitrogens is 1. The molecular weight excluding hydrogens is 588 g/mol. The zero-order valence-electron chi connectivity index (χ0n) is 16.5. The van der Waals surface area contributed by atoms with Crippen LogP contribution >= 0.6 is 47.8 Å². The monoisotopic (exact) mass is 606 g/mol. The Morgan fingerprint density at radius 2 is 1.29 bits per heavy atom. The van der Waals surface area contributed by atoms with E-state index in [4.69, 9.17) is 0 Å². The maximum atomic E-state index is 11.5. The minimum Gasteiger partial charge on any atom is -0.328 e. The average Bonchev–Trinajstić information content (AvgIpc) is 2.80. The van der Waals surface area contributed by atoms with Gasteiger partial charge >= 0.3 is 0 Å². The van der Waals surface area contributed by atoms with Crippen LogP contribution in [0.5, 0.6) is 0 Å². The summed E-state index contributed by atoms with van der Waals surface area (Å²) < 4.78 is 3.48. The molecule has 2 aromatic heterocycles. The molecule has 0 radical (unpaired) electrons. The molecule has 160 valence electrons. The van der Waals surface area contributed by atoms with Crippen LogP contribution in [0.2, 0.25) is 0 Å². The van der Waals surface area contributed by atoms with Crippen LogP contribution in [0.1, 0.15) is 11.1 Å². The fourth-order valence-electron chi connectivity index (χ4n) is 2.36. The number of nitrogens with one attached hydrogen (secondary N) is 1. The summed E-state index contributed by atoms with van der Waals surface area (Å²) in [5.41, 5.74) is 2.39. The van der Waals surface area contributed by atoms with E-state index in [1.165, 1.54) is 11.6 Å². The van der Waals surface area contributed by atoms with E-state index in [1.54, 1.807) is 35.2 Å². The molecule has 0 fully saturated rings. The van der Waals surface area contributed by atoms with Crippen molar-refractivity contribution in [2.45, 2.75) is 11.9 Å². The number of rotatable bonds is 3. The van der Waals surface area contributed by atoms with Gasteiger partial charge in [0.2, 0.25) is 5.56 Å². The highest BCUT2D eigenvalue weighted by Gasteiger charge is 1.97. The topological polar surface area (TPSA) is 54.9 Å². The molecule has 0 bridgehead atoms. The van der Waals surface area contributed by atoms with Crippen LogP contribution in [-0.2, 0) is 11.9 Å². The number of hydrogen-bond acceptors (Lipinski definition) is 2. The molecule has 31 heavy (non-hydrogen) atoms. The molecule has 0 spiro atoms. The fraction of sp³-hybridized carbons (Fsp3) is 0.0833. The van der Waals surface area contributed by atoms with Crippen molar-refractivity contribution in [3.8, 4) is 0 Å². The molecule has 0 amide bonds. The molecule has 7 heteroatoms. The predicted octanol–water partition coefficient (Wildman–Crippen LogP) is 6.38. The molecule has 1 N–H and O–H groups in total. The van der Waals surface area contributed by atoms with Gasteiger partial charge in [-0.2, -0.15) is 0 Å². The Kier molecular flexibility index (Phi) is 11.3. The second-order valence-corrected chi connectivity index (χ2v) is 8.68. The van der Waals surface area contributed by atoms with E-state index in [-0.39, 0.29) is 11.1 Å². The highest BCUT2D eigenvalue weighted by Crippen LogP contribution is 2.07. The normalized spacial score (nSPS) is 9.65. The van der Waals surface area contributed by atoms with Crippen molar-refractivity contribution in [1.29, 1.82) is 0 Å². The Balaban J connectivity index is 0.000000181. The molecule has 0 aliphatic carbocycles. The van der Waals surface area contributed by atoms with Crippen molar-refractivity contribution >= 4 is 47.8 Å². The molecule has 0 atom stereocenters. The Labute approximate surface area is 206 Å². The molecule has 2 aromatic carbocycles. The summed E-state index contributed by atoms with van der Waals surface area (Å²) in [7, 11) is 0. The quantitative estimate of drug-likeness (QED) is 0.275. The number of hydrogen-bond donors (Lipinski definition) is 1. The standard InChI is InChI=1S/C12H10BrNO.C7H7Br.C5H4BrNO/c13-11-6-7-12(15)14(9-11)8-10-4-2-1-3-5-10;8-6-7-4-2-1-3-5-7;6-4-1-2-5(8)7-3-4/h1-7,9H,8H2;1-5H,6H2;1-3H,(H,7,8). The first kappa shape index (κ1) is 25.0. The summed E-state index contributed by atoms with van der Waals surface area (Å²) >= 11 is 9.88. The third-order valence-electron chi connectivity index (χ3n) is 3.89. The number of aromatic amines is 1. The Bertz CT molecular complexity index is 1140. The summed E-state index contributed by atoms with van der Waals surface area (Å²) in [5, 5.41) is 0.952. The van der Waals surface area contributed by atoms with E-state index in [0.29, 0.717) is 6.54 Å². The lowest BCUT2D eigenvalue weighted by Gasteiger charge is -2.05. The minimum atomic E-state index is -0.0757. The molecule has 0 unspecified atom stereocenters. The van der Waals surface area contributed by atoms with E-state index >= 15 is 0 Å². The lowest BCUT2D eigenvalue weighted by atomic mass is 10.2. The summed E-state index contributed by atoms with van der Waals surface area (Å²) in [6, 6.07) is 26.7. The van der Waals surface area contributed by atoms with Crippen molar-refractivity contribution in [1.82, 2.24) is 9.55 Å². The predicted molar refractivity (Wildman–Crippen MR) is 138 cm³/mol. The smallest absolute Gasteiger partial charge is 0.250 e. The summed E-state index contributed by atoms with van der Waals surface area (Å²) in [6.07, 6.45) is 3.40. The molecule has 0 aliphatic rings. The van der Waals surface area contributed by atoms with Gasteiger partial charge in [-0.1, -0.05) is 76.6 Å². The molecule has 4 nitrogen and oxygen atoms in total. The average molecular weight is 609 g/mol. The molecular formula is C24H21Br3N2O2. The van der Waals surface area contributed by atoms with Crippen LogP contribution in [0.3, 0.4) is 0 Å². The van der Waals surface area contributed by atoms with Crippen LogP contribution in [0.25, 0.3) is 0 Å². The largest absolute Gasteiger partial charge is 0.328 e. The van der Waals surface area contributed by atoms with Crippen molar-refractivity contribution in [2.75, 3.05) is 0 Å².